The van der Waals surface area contributed by atoms with Crippen molar-refractivity contribution in [1.82, 2.24) is 4.57 Å². The van der Waals surface area contributed by atoms with Crippen molar-refractivity contribution < 1.29 is 23.4 Å². The van der Waals surface area contributed by atoms with Gasteiger partial charge in [0.25, 0.3) is 0 Å². The molecule has 0 radical (unpaired) electrons. The van der Waals surface area contributed by atoms with Crippen molar-refractivity contribution in [3.05, 3.63) is 45.0 Å². The van der Waals surface area contributed by atoms with Crippen LogP contribution < -0.4 is 5.43 Å². The molecule has 1 fully saturated rings. The summed E-state index contributed by atoms with van der Waals surface area (Å²) in [6.45, 7) is 6.16. The average molecular weight is 384 g/mol. The van der Waals surface area contributed by atoms with Crippen molar-refractivity contribution in [2.75, 3.05) is 13.2 Å². The van der Waals surface area contributed by atoms with Gasteiger partial charge in [0, 0.05) is 11.6 Å². The average Bonchev–Trinajstić information content (AvgIpc) is 2.91. The van der Waals surface area contributed by atoms with Crippen molar-refractivity contribution in [1.29, 1.82) is 0 Å². The minimum Gasteiger partial charge on any atom is -0.462 e. The number of rotatable bonds is 4. The molecule has 1 saturated heterocycles. The Morgan fingerprint density at radius 3 is 2.81 bits per heavy atom. The molecule has 0 saturated carbocycles. The lowest BCUT2D eigenvalue weighted by molar-refractivity contribution is -0.0864. The zero-order valence-corrected chi connectivity index (χ0v) is 15.4. The minimum absolute atomic E-state index is 0.0368. The van der Waals surface area contributed by atoms with E-state index in [-0.39, 0.29) is 29.1 Å². The second-order valence-electron chi connectivity index (χ2n) is 6.65. The van der Waals surface area contributed by atoms with Gasteiger partial charge < -0.3 is 18.8 Å². The monoisotopic (exact) mass is 383 g/mol. The third-order valence-electron chi connectivity index (χ3n) is 4.03. The van der Waals surface area contributed by atoms with Gasteiger partial charge in [-0.15, -0.1) is 0 Å². The fourth-order valence-electron chi connectivity index (χ4n) is 2.86. The van der Waals surface area contributed by atoms with Gasteiger partial charge >= 0.3 is 5.97 Å². The highest BCUT2D eigenvalue weighted by Gasteiger charge is 2.33. The molecular formula is C18H19ClFNO5. The van der Waals surface area contributed by atoms with Crippen molar-refractivity contribution in [3.63, 3.8) is 0 Å². The Morgan fingerprint density at radius 2 is 2.19 bits per heavy atom. The number of hydrogen-bond acceptors (Lipinski definition) is 5. The molecule has 0 bridgehead atoms. The van der Waals surface area contributed by atoms with E-state index in [0.717, 1.165) is 6.07 Å². The van der Waals surface area contributed by atoms with Crippen molar-refractivity contribution in [3.8, 4) is 0 Å². The van der Waals surface area contributed by atoms with Gasteiger partial charge in [-0.3, -0.25) is 4.79 Å². The molecule has 0 aliphatic carbocycles. The van der Waals surface area contributed by atoms with E-state index < -0.39 is 29.1 Å². The SMILES string of the molecule is CCOC(=O)c1cn(C[C@H]2OCC(C)(C)O2)c2cc(Cl)c(F)cc2c1=O. The Bertz CT molecular complexity index is 924. The highest BCUT2D eigenvalue weighted by atomic mass is 35.5. The predicted octanol–water partition coefficient (Wildman–Crippen LogP) is 3.12. The van der Waals surface area contributed by atoms with Crippen LogP contribution in [0.15, 0.2) is 23.1 Å². The zero-order chi connectivity index (χ0) is 19.1. The minimum atomic E-state index is -0.767. The molecular weight excluding hydrogens is 365 g/mol. The number of carbonyl (C=O) groups excluding carboxylic acids is 1. The van der Waals surface area contributed by atoms with Crippen molar-refractivity contribution in [2.24, 2.45) is 0 Å². The Balaban J connectivity index is 2.13. The first kappa shape index (κ1) is 18.8. The summed E-state index contributed by atoms with van der Waals surface area (Å²) in [5, 5.41) is -0.0853. The number of pyridine rings is 1. The number of carbonyl (C=O) groups is 1. The van der Waals surface area contributed by atoms with Crippen LogP contribution in [0.5, 0.6) is 0 Å². The van der Waals surface area contributed by atoms with Crippen molar-refractivity contribution >= 4 is 28.5 Å². The van der Waals surface area contributed by atoms with Crippen LogP contribution >= 0.6 is 11.6 Å². The third-order valence-corrected chi connectivity index (χ3v) is 4.32. The van der Waals surface area contributed by atoms with Crippen LogP contribution in [0.25, 0.3) is 10.9 Å². The largest absolute Gasteiger partial charge is 0.462 e. The summed E-state index contributed by atoms with van der Waals surface area (Å²) in [5.41, 5.74) is -0.851. The number of halogens is 2. The smallest absolute Gasteiger partial charge is 0.343 e. The molecule has 1 aromatic carbocycles. The molecule has 0 unspecified atom stereocenters. The van der Waals surface area contributed by atoms with Crippen LogP contribution in [0, 0.1) is 5.82 Å². The van der Waals surface area contributed by atoms with Crippen LogP contribution in [-0.4, -0.2) is 35.6 Å². The maximum atomic E-state index is 13.9. The Labute approximate surface area is 154 Å². The van der Waals surface area contributed by atoms with Gasteiger partial charge in [-0.25, -0.2) is 9.18 Å². The molecule has 2 aromatic rings. The number of fused-ring (bicyclic) bond motifs is 1. The van der Waals surface area contributed by atoms with E-state index in [4.69, 9.17) is 25.8 Å². The highest BCUT2D eigenvalue weighted by Crippen LogP contribution is 2.26. The van der Waals surface area contributed by atoms with Gasteiger partial charge in [-0.2, -0.15) is 0 Å². The van der Waals surface area contributed by atoms with Crippen LogP contribution in [-0.2, 0) is 20.8 Å². The molecule has 1 atom stereocenters. The van der Waals surface area contributed by atoms with Gasteiger partial charge in [-0.05, 0) is 32.9 Å². The van der Waals surface area contributed by atoms with E-state index in [1.165, 1.54) is 12.3 Å². The fourth-order valence-corrected chi connectivity index (χ4v) is 3.02. The molecule has 6 nitrogen and oxygen atoms in total. The van der Waals surface area contributed by atoms with Gasteiger partial charge in [0.15, 0.2) is 6.29 Å². The van der Waals surface area contributed by atoms with Crippen LogP contribution in [0.2, 0.25) is 5.02 Å². The quantitative estimate of drug-likeness (QED) is 0.759. The standard InChI is InChI=1S/C18H19ClFNO5/c1-4-24-17(23)11-7-21(8-15-25-9-18(2,3)26-15)14-6-12(19)13(20)5-10(14)16(11)22/h5-7,15H,4,8-9H2,1-3H3/t15-/m0/s1. The normalized spacial score (nSPS) is 19.0. The van der Waals surface area contributed by atoms with Gasteiger partial charge in [0.05, 0.1) is 35.9 Å². The van der Waals surface area contributed by atoms with Gasteiger partial charge in [0.1, 0.15) is 11.4 Å². The molecule has 1 aliphatic rings. The number of esters is 1. The molecule has 0 spiro atoms. The summed E-state index contributed by atoms with van der Waals surface area (Å²) in [6.07, 6.45) is 0.796. The Hall–Kier alpha value is -1.96. The molecule has 0 amide bonds. The Morgan fingerprint density at radius 1 is 1.46 bits per heavy atom. The molecule has 140 valence electrons. The molecule has 3 rings (SSSR count). The van der Waals surface area contributed by atoms with Crippen LogP contribution in [0.1, 0.15) is 31.1 Å². The zero-order valence-electron chi connectivity index (χ0n) is 14.7. The first-order valence-corrected chi connectivity index (χ1v) is 8.58. The number of hydrogen-bond donors (Lipinski definition) is 0. The maximum absolute atomic E-state index is 13.9. The van der Waals surface area contributed by atoms with E-state index in [1.807, 2.05) is 13.8 Å². The molecule has 2 heterocycles. The second kappa shape index (κ2) is 6.98. The van der Waals surface area contributed by atoms with E-state index in [1.54, 1.807) is 11.5 Å². The topological polar surface area (TPSA) is 66.8 Å². The van der Waals surface area contributed by atoms with Crippen LogP contribution in [0.3, 0.4) is 0 Å². The van der Waals surface area contributed by atoms with E-state index in [0.29, 0.717) is 12.1 Å². The fraction of sp³-hybridized carbons (Fsp3) is 0.444. The number of nitrogens with zero attached hydrogens (tertiary/aromatic N) is 1. The number of ether oxygens (including phenoxy) is 3. The number of aromatic nitrogens is 1. The van der Waals surface area contributed by atoms with Crippen molar-refractivity contribution in [2.45, 2.75) is 39.2 Å². The molecule has 0 N–H and O–H groups in total. The number of benzene rings is 1. The molecule has 26 heavy (non-hydrogen) atoms. The van der Waals surface area contributed by atoms with E-state index in [2.05, 4.69) is 0 Å². The lowest BCUT2D eigenvalue weighted by Gasteiger charge is -2.19. The second-order valence-corrected chi connectivity index (χ2v) is 7.05. The summed E-state index contributed by atoms with van der Waals surface area (Å²) < 4.78 is 31.8. The Kier molecular flexibility index (Phi) is 5.05. The summed E-state index contributed by atoms with van der Waals surface area (Å²) >= 11 is 5.88. The van der Waals surface area contributed by atoms with Gasteiger partial charge in [-0.1, -0.05) is 11.6 Å². The first-order valence-electron chi connectivity index (χ1n) is 8.20. The molecule has 8 heteroatoms. The summed E-state index contributed by atoms with van der Waals surface area (Å²) in [4.78, 5) is 24.8. The lowest BCUT2D eigenvalue weighted by atomic mass is 10.1. The highest BCUT2D eigenvalue weighted by molar-refractivity contribution is 6.31. The van der Waals surface area contributed by atoms with Gasteiger partial charge in [0.2, 0.25) is 5.43 Å². The third kappa shape index (κ3) is 3.60. The molecule has 1 aliphatic heterocycles. The maximum Gasteiger partial charge on any atom is 0.343 e. The first-order chi connectivity index (χ1) is 12.2. The summed E-state index contributed by atoms with van der Waals surface area (Å²) in [7, 11) is 0. The molecule has 1 aromatic heterocycles. The van der Waals surface area contributed by atoms with E-state index in [9.17, 15) is 14.0 Å². The summed E-state index contributed by atoms with van der Waals surface area (Å²) in [6, 6.07) is 2.38. The van der Waals surface area contributed by atoms with Crippen LogP contribution in [0.4, 0.5) is 4.39 Å². The van der Waals surface area contributed by atoms with E-state index >= 15 is 0 Å². The lowest BCUT2D eigenvalue weighted by Crippen LogP contribution is -2.26. The summed E-state index contributed by atoms with van der Waals surface area (Å²) in [5.74, 6) is -1.50. The predicted molar refractivity (Wildman–Crippen MR) is 94.0 cm³/mol.